The van der Waals surface area contributed by atoms with E-state index in [1.807, 2.05) is 0 Å². The minimum atomic E-state index is -0.411. The first-order valence-electron chi connectivity index (χ1n) is 2.33. The van der Waals surface area contributed by atoms with E-state index >= 15 is 0 Å². The third-order valence-corrected chi connectivity index (χ3v) is 5.40. The molecule has 0 saturated carbocycles. The van der Waals surface area contributed by atoms with Gasteiger partial charge in [-0.2, -0.15) is 0 Å². The van der Waals surface area contributed by atoms with Crippen LogP contribution in [0.3, 0.4) is 0 Å². The summed E-state index contributed by atoms with van der Waals surface area (Å²) in [7, 11) is 0. The molecule has 0 aromatic rings. The minimum Gasteiger partial charge on any atom is -1.00 e. The Morgan fingerprint density at radius 3 is 1.73 bits per heavy atom. The Labute approximate surface area is 118 Å². The van der Waals surface area contributed by atoms with Gasteiger partial charge in [0.15, 0.2) is 0 Å². The van der Waals surface area contributed by atoms with Crippen molar-refractivity contribution in [3.05, 3.63) is 18.7 Å². The molecule has 0 spiro atoms. The van der Waals surface area contributed by atoms with Crippen LogP contribution in [0.25, 0.3) is 0 Å². The van der Waals surface area contributed by atoms with Crippen molar-refractivity contribution in [2.75, 3.05) is 0 Å². The third-order valence-electron chi connectivity index (χ3n) is 1.14. The molecule has 0 saturated heterocycles. The van der Waals surface area contributed by atoms with Gasteiger partial charge < -0.3 is 37.2 Å². The molecule has 5 heteroatoms. The molecule has 0 amide bonds. The predicted molar refractivity (Wildman–Crippen MR) is 33.3 cm³/mol. The fraction of sp³-hybridized carbons (Fsp3) is 0.333. The van der Waals surface area contributed by atoms with Gasteiger partial charge in [-0.3, -0.25) is 0 Å². The minimum absolute atomic E-state index is 0. The quantitative estimate of drug-likeness (QED) is 0.236. The summed E-state index contributed by atoms with van der Waals surface area (Å²) in [6.07, 6.45) is 0. The molecule has 0 atom stereocenters. The van der Waals surface area contributed by atoms with E-state index in [0.717, 1.165) is 0 Å². The molecule has 0 aliphatic carbocycles. The van der Waals surface area contributed by atoms with E-state index in [9.17, 15) is 0 Å². The van der Waals surface area contributed by atoms with E-state index < -0.39 is 23.2 Å². The normalized spacial score (nSPS) is 12.2. The fourth-order valence-corrected chi connectivity index (χ4v) is 4.03. The van der Waals surface area contributed by atoms with Crippen LogP contribution >= 0.6 is 0 Å². The van der Waals surface area contributed by atoms with Gasteiger partial charge in [0.25, 0.3) is 0 Å². The van der Waals surface area contributed by atoms with Crippen LogP contribution in [0, 0.1) is 3.78 Å². The first kappa shape index (κ1) is 23.2. The molecular weight excluding hydrogens is 479 g/mol. The van der Waals surface area contributed by atoms with Crippen LogP contribution in [0.2, 0.25) is 0 Å². The number of rotatable bonds is 0. The Kier molecular flexibility index (Phi) is 25.5. The summed E-state index contributed by atoms with van der Waals surface area (Å²) < 4.78 is 5.77. The van der Waals surface area contributed by atoms with E-state index in [-0.39, 0.29) is 63.4 Å². The Balaban J connectivity index is -0.0000000612. The van der Waals surface area contributed by atoms with Crippen molar-refractivity contribution in [2.24, 2.45) is 0 Å². The maximum atomic E-state index is 3.39. The summed E-state index contributed by atoms with van der Waals surface area (Å²) in [4.78, 5) is 0. The molecule has 1 rings (SSSR count). The van der Waals surface area contributed by atoms with Crippen LogP contribution in [0.4, 0.5) is 0 Å². The monoisotopic (exact) mass is 484 g/mol. The van der Waals surface area contributed by atoms with Crippen molar-refractivity contribution in [1.82, 2.24) is 0 Å². The van der Waals surface area contributed by atoms with Gasteiger partial charge >= 0.3 is 82.0 Å². The Bertz CT molecular complexity index is 129. The van der Waals surface area contributed by atoms with Gasteiger partial charge in [0.05, 0.1) is 0 Å². The van der Waals surface area contributed by atoms with Crippen molar-refractivity contribution < 1.29 is 63.4 Å². The molecule has 0 bridgehead atoms. The molecule has 0 radical (unpaired) electrons. The average Bonchev–Trinajstić information content (AvgIpc) is 1.91. The summed E-state index contributed by atoms with van der Waals surface area (Å²) in [5, 5.41) is 0. The topological polar surface area (TPSA) is 0 Å². The third kappa shape index (κ3) is 8.45. The molecule has 1 aliphatic rings. The summed E-state index contributed by atoms with van der Waals surface area (Å²) >= 11 is -0.411. The number of hydrogen-bond donors (Lipinski definition) is 0. The van der Waals surface area contributed by atoms with Crippen molar-refractivity contribution in [3.63, 3.8) is 0 Å². The number of halogens is 3. The van der Waals surface area contributed by atoms with Gasteiger partial charge in [-0.15, -0.1) is 0 Å². The molecule has 0 nitrogen and oxygen atoms in total. The summed E-state index contributed by atoms with van der Waals surface area (Å²) in [5.41, 5.74) is 2.88. The van der Waals surface area contributed by atoms with E-state index in [1.54, 1.807) is 0 Å². The van der Waals surface area contributed by atoms with E-state index in [1.165, 1.54) is 11.1 Å². The smallest absolute Gasteiger partial charge is 1.00 e. The zero-order valence-electron chi connectivity index (χ0n) is 6.21. The van der Waals surface area contributed by atoms with Crippen LogP contribution in [-0.2, 0) is 26.2 Å². The van der Waals surface area contributed by atoms with E-state index in [2.05, 4.69) is 21.4 Å². The average molecular weight is 487 g/mol. The standard InChI is InChI=1S/C6H7.Bi.3ClH.Zr.H/c1-5(2)6(3)4;;;;;;/h1H,2-3H3;;3*1H;;/q-1;;;;;+4;/p-3. The Morgan fingerprint density at radius 1 is 1.18 bits per heavy atom. The first-order valence-corrected chi connectivity index (χ1v) is 6.52. The summed E-state index contributed by atoms with van der Waals surface area (Å²) in [5.74, 6) is 0. The maximum absolute atomic E-state index is 3.39. The van der Waals surface area contributed by atoms with Crippen LogP contribution in [-0.4, -0.2) is 23.2 Å². The van der Waals surface area contributed by atoms with Gasteiger partial charge in [-0.05, 0) is 0 Å². The van der Waals surface area contributed by atoms with Crippen LogP contribution in [0.1, 0.15) is 13.8 Å². The van der Waals surface area contributed by atoms with Crippen LogP contribution in [0.15, 0.2) is 14.9 Å². The second-order valence-electron chi connectivity index (χ2n) is 1.72. The van der Waals surface area contributed by atoms with Crippen LogP contribution < -0.4 is 37.2 Å². The van der Waals surface area contributed by atoms with E-state index in [4.69, 9.17) is 0 Å². The van der Waals surface area contributed by atoms with Gasteiger partial charge in [-0.25, -0.2) is 0 Å². The predicted octanol–water partition coefficient (Wildman–Crippen LogP) is -7.94. The molecule has 0 N–H and O–H groups in total. The molecule has 0 aromatic heterocycles. The maximum Gasteiger partial charge on any atom is 4.00 e. The Morgan fingerprint density at radius 2 is 1.64 bits per heavy atom. The molecule has 0 unspecified atom stereocenters. The Hall–Kier alpha value is 2.12. The molecule has 0 fully saturated rings. The zero-order chi connectivity index (χ0) is 5.28. The van der Waals surface area contributed by atoms with Crippen molar-refractivity contribution >= 4 is 23.2 Å². The second kappa shape index (κ2) is 12.1. The summed E-state index contributed by atoms with van der Waals surface area (Å²) in [6.45, 7) is 4.31. The first-order chi connectivity index (χ1) is 3.30. The van der Waals surface area contributed by atoms with Gasteiger partial charge in [0.1, 0.15) is 0 Å². The number of allylic oxidation sites excluding steroid dienone is 2. The van der Waals surface area contributed by atoms with Gasteiger partial charge in [-0.1, -0.05) is 0 Å². The zero-order valence-corrected chi connectivity index (χ0v) is 14.8. The van der Waals surface area contributed by atoms with Gasteiger partial charge in [0, 0.05) is 0 Å². The second-order valence-corrected chi connectivity index (χ2v) is 4.94. The van der Waals surface area contributed by atoms with Crippen molar-refractivity contribution in [2.45, 2.75) is 13.8 Å². The fourth-order valence-electron chi connectivity index (χ4n) is 0.459. The SMILES string of the molecule is CC1=[C-][BiH][CH]=C1C.[Cl-].[Cl-].[Cl-].[Zr+4]. The molecule has 62 valence electrons. The van der Waals surface area contributed by atoms with E-state index in [0.29, 0.717) is 0 Å². The van der Waals surface area contributed by atoms with Crippen LogP contribution in [0.5, 0.6) is 0 Å². The summed E-state index contributed by atoms with van der Waals surface area (Å²) in [6, 6.07) is 0. The largest absolute Gasteiger partial charge is 4.00 e. The molecule has 0 aromatic carbocycles. The number of hydrogen-bond acceptors (Lipinski definition) is 0. The van der Waals surface area contributed by atoms with Crippen molar-refractivity contribution in [3.8, 4) is 0 Å². The van der Waals surface area contributed by atoms with Crippen molar-refractivity contribution in [1.29, 1.82) is 0 Å². The van der Waals surface area contributed by atoms with Gasteiger partial charge in [0.2, 0.25) is 0 Å². The molecular formula is C6H8BiCl3Zr. The molecule has 1 aliphatic heterocycles. The molecule has 1 heterocycles. The molecule has 11 heavy (non-hydrogen) atoms.